The van der Waals surface area contributed by atoms with Crippen LogP contribution < -0.4 is 4.90 Å². The van der Waals surface area contributed by atoms with Gasteiger partial charge in [0.2, 0.25) is 0 Å². The summed E-state index contributed by atoms with van der Waals surface area (Å²) < 4.78 is 0. The topological polar surface area (TPSA) is 20.3 Å². The van der Waals surface area contributed by atoms with Crippen LogP contribution in [0.1, 0.15) is 40.9 Å². The molecule has 0 fully saturated rings. The van der Waals surface area contributed by atoms with Gasteiger partial charge < -0.3 is 4.90 Å². The van der Waals surface area contributed by atoms with E-state index in [1.165, 1.54) is 11.1 Å². The molecular formula is C28H23NO. The van der Waals surface area contributed by atoms with Gasteiger partial charge in [0.25, 0.3) is 0 Å². The van der Waals surface area contributed by atoms with E-state index in [2.05, 4.69) is 73.3 Å². The second-order valence-corrected chi connectivity index (χ2v) is 8.24. The number of hydrogen-bond acceptors (Lipinski definition) is 2. The molecular weight excluding hydrogens is 366 g/mol. The maximum Gasteiger partial charge on any atom is 0.193 e. The molecule has 146 valence electrons. The number of rotatable bonds is 3. The molecule has 30 heavy (non-hydrogen) atoms. The molecule has 0 saturated carbocycles. The third-order valence-corrected chi connectivity index (χ3v) is 6.04. The zero-order valence-electron chi connectivity index (χ0n) is 17.2. The van der Waals surface area contributed by atoms with E-state index in [4.69, 9.17) is 0 Å². The van der Waals surface area contributed by atoms with Crippen molar-refractivity contribution >= 4 is 22.8 Å². The SMILES string of the molecule is CC1(C)c2ccccc2N(c2cccc(C(=O)c3ccccc3)c2)c2ccccc21. The standard InChI is InChI=1S/C28H23NO/c1-28(2)23-15-6-8-17-25(23)29(26-18-9-7-16-24(26)28)22-14-10-13-21(19-22)27(30)20-11-4-3-5-12-20/h3-19H,1-2H3. The van der Waals surface area contributed by atoms with Gasteiger partial charge in [-0.2, -0.15) is 0 Å². The van der Waals surface area contributed by atoms with Crippen molar-refractivity contribution in [2.75, 3.05) is 4.90 Å². The molecule has 0 radical (unpaired) electrons. The largest absolute Gasteiger partial charge is 0.310 e. The van der Waals surface area contributed by atoms with Crippen LogP contribution in [0.25, 0.3) is 0 Å². The van der Waals surface area contributed by atoms with E-state index in [0.29, 0.717) is 11.1 Å². The quantitative estimate of drug-likeness (QED) is 0.351. The maximum absolute atomic E-state index is 13.1. The van der Waals surface area contributed by atoms with Crippen molar-refractivity contribution in [3.05, 3.63) is 125 Å². The summed E-state index contributed by atoms with van der Waals surface area (Å²) in [6.07, 6.45) is 0. The van der Waals surface area contributed by atoms with Crippen LogP contribution in [0.2, 0.25) is 0 Å². The average molecular weight is 389 g/mol. The van der Waals surface area contributed by atoms with Gasteiger partial charge in [-0.15, -0.1) is 0 Å². The number of benzene rings is 4. The molecule has 0 aromatic heterocycles. The fourth-order valence-corrected chi connectivity index (χ4v) is 4.49. The van der Waals surface area contributed by atoms with Crippen molar-refractivity contribution in [3.8, 4) is 0 Å². The fourth-order valence-electron chi connectivity index (χ4n) is 4.49. The van der Waals surface area contributed by atoms with Crippen molar-refractivity contribution in [3.63, 3.8) is 0 Å². The van der Waals surface area contributed by atoms with E-state index in [0.717, 1.165) is 17.1 Å². The molecule has 0 spiro atoms. The molecule has 1 aliphatic heterocycles. The number of nitrogens with zero attached hydrogens (tertiary/aromatic N) is 1. The third kappa shape index (κ3) is 2.84. The van der Waals surface area contributed by atoms with Gasteiger partial charge >= 0.3 is 0 Å². The normalized spacial score (nSPS) is 14.0. The van der Waals surface area contributed by atoms with Crippen molar-refractivity contribution in [1.29, 1.82) is 0 Å². The van der Waals surface area contributed by atoms with E-state index >= 15 is 0 Å². The summed E-state index contributed by atoms with van der Waals surface area (Å²) in [5.74, 6) is 0.0383. The van der Waals surface area contributed by atoms with Gasteiger partial charge in [-0.3, -0.25) is 4.79 Å². The molecule has 4 aromatic rings. The molecule has 0 bridgehead atoms. The summed E-state index contributed by atoms with van der Waals surface area (Å²) >= 11 is 0. The highest BCUT2D eigenvalue weighted by Crippen LogP contribution is 2.51. The van der Waals surface area contributed by atoms with Gasteiger partial charge in [-0.05, 0) is 35.4 Å². The van der Waals surface area contributed by atoms with Gasteiger partial charge in [0.1, 0.15) is 0 Å². The first kappa shape index (κ1) is 18.4. The van der Waals surface area contributed by atoms with Crippen LogP contribution in [-0.2, 0) is 5.41 Å². The van der Waals surface area contributed by atoms with Crippen LogP contribution in [0.4, 0.5) is 17.1 Å². The summed E-state index contributed by atoms with van der Waals surface area (Å²) in [5, 5.41) is 0. The summed E-state index contributed by atoms with van der Waals surface area (Å²) in [7, 11) is 0. The van der Waals surface area contributed by atoms with Gasteiger partial charge in [0.05, 0.1) is 11.4 Å². The Hall–Kier alpha value is -3.65. The average Bonchev–Trinajstić information content (AvgIpc) is 2.80. The van der Waals surface area contributed by atoms with Gasteiger partial charge in [-0.25, -0.2) is 0 Å². The maximum atomic E-state index is 13.1. The number of fused-ring (bicyclic) bond motifs is 2. The van der Waals surface area contributed by atoms with Crippen molar-refractivity contribution < 1.29 is 4.79 Å². The second kappa shape index (κ2) is 7.00. The lowest BCUT2D eigenvalue weighted by atomic mass is 9.73. The van der Waals surface area contributed by atoms with Gasteiger partial charge in [0, 0.05) is 22.2 Å². The number of hydrogen-bond donors (Lipinski definition) is 0. The third-order valence-electron chi connectivity index (χ3n) is 6.04. The van der Waals surface area contributed by atoms with Crippen LogP contribution >= 0.6 is 0 Å². The number of anilines is 3. The minimum absolute atomic E-state index is 0.0383. The molecule has 0 unspecified atom stereocenters. The molecule has 1 aliphatic rings. The lowest BCUT2D eigenvalue weighted by molar-refractivity contribution is 0.103. The molecule has 5 rings (SSSR count). The Bertz CT molecular complexity index is 1190. The van der Waals surface area contributed by atoms with Crippen molar-refractivity contribution in [1.82, 2.24) is 0 Å². The van der Waals surface area contributed by atoms with E-state index < -0.39 is 0 Å². The molecule has 0 atom stereocenters. The Morgan fingerprint density at radius 1 is 0.633 bits per heavy atom. The molecule has 2 heteroatoms. The Labute approximate surface area is 177 Å². The summed E-state index contributed by atoms with van der Waals surface area (Å²) in [5.41, 5.74) is 7.17. The van der Waals surface area contributed by atoms with Crippen LogP contribution in [0.5, 0.6) is 0 Å². The van der Waals surface area contributed by atoms with Crippen LogP contribution in [0, 0.1) is 0 Å². The highest BCUT2D eigenvalue weighted by Gasteiger charge is 2.36. The van der Waals surface area contributed by atoms with Gasteiger partial charge in [0.15, 0.2) is 5.78 Å². The minimum atomic E-state index is -0.0961. The number of para-hydroxylation sites is 2. The van der Waals surface area contributed by atoms with E-state index in [-0.39, 0.29) is 11.2 Å². The van der Waals surface area contributed by atoms with E-state index in [1.807, 2.05) is 48.5 Å². The molecule has 0 amide bonds. The van der Waals surface area contributed by atoms with Crippen LogP contribution in [-0.4, -0.2) is 5.78 Å². The smallest absolute Gasteiger partial charge is 0.193 e. The molecule has 2 nitrogen and oxygen atoms in total. The summed E-state index contributed by atoms with van der Waals surface area (Å²) in [4.78, 5) is 15.3. The van der Waals surface area contributed by atoms with Crippen LogP contribution in [0.3, 0.4) is 0 Å². The molecule has 0 aliphatic carbocycles. The Kier molecular flexibility index (Phi) is 4.29. The predicted octanol–water partition coefficient (Wildman–Crippen LogP) is 7.03. The summed E-state index contributed by atoms with van der Waals surface area (Å²) in [6.45, 7) is 4.55. The predicted molar refractivity (Wildman–Crippen MR) is 123 cm³/mol. The van der Waals surface area contributed by atoms with Gasteiger partial charge in [-0.1, -0.05) is 92.7 Å². The molecule has 4 aromatic carbocycles. The monoisotopic (exact) mass is 389 g/mol. The highest BCUT2D eigenvalue weighted by molar-refractivity contribution is 6.09. The first-order chi connectivity index (χ1) is 14.6. The van der Waals surface area contributed by atoms with Crippen molar-refractivity contribution in [2.24, 2.45) is 0 Å². The fraction of sp³-hybridized carbons (Fsp3) is 0.107. The molecule has 0 saturated heterocycles. The van der Waals surface area contributed by atoms with Crippen LogP contribution in [0.15, 0.2) is 103 Å². The lowest BCUT2D eigenvalue weighted by Gasteiger charge is -2.42. The lowest BCUT2D eigenvalue weighted by Crippen LogP contribution is -2.30. The van der Waals surface area contributed by atoms with Crippen molar-refractivity contribution in [2.45, 2.75) is 19.3 Å². The number of ketones is 1. The Morgan fingerprint density at radius 2 is 1.17 bits per heavy atom. The number of carbonyl (C=O) groups excluding carboxylic acids is 1. The zero-order chi connectivity index (χ0) is 20.7. The van der Waals surface area contributed by atoms with E-state index in [9.17, 15) is 4.79 Å². The second-order valence-electron chi connectivity index (χ2n) is 8.24. The van der Waals surface area contributed by atoms with E-state index in [1.54, 1.807) is 0 Å². The number of carbonyl (C=O) groups is 1. The molecule has 1 heterocycles. The minimum Gasteiger partial charge on any atom is -0.310 e. The highest BCUT2D eigenvalue weighted by atomic mass is 16.1. The Balaban J connectivity index is 1.68. The Morgan fingerprint density at radius 3 is 1.80 bits per heavy atom. The zero-order valence-corrected chi connectivity index (χ0v) is 17.2. The summed E-state index contributed by atoms with van der Waals surface area (Å²) in [6, 6.07) is 34.5. The first-order valence-corrected chi connectivity index (χ1v) is 10.3. The molecule has 0 N–H and O–H groups in total. The first-order valence-electron chi connectivity index (χ1n) is 10.3.